The highest BCUT2D eigenvalue weighted by atomic mass is 16.6. The van der Waals surface area contributed by atoms with Gasteiger partial charge in [-0.3, -0.25) is 24.6 Å². The molecule has 0 aliphatic carbocycles. The smallest absolute Gasteiger partial charge is 0.414 e. The lowest BCUT2D eigenvalue weighted by molar-refractivity contribution is -0.385. The van der Waals surface area contributed by atoms with E-state index < -0.39 is 35.2 Å². The van der Waals surface area contributed by atoms with Gasteiger partial charge in [-0.2, -0.15) is 0 Å². The van der Waals surface area contributed by atoms with E-state index in [0.717, 1.165) is 0 Å². The van der Waals surface area contributed by atoms with Crippen LogP contribution in [0.25, 0.3) is 6.08 Å². The second-order valence-electron chi connectivity index (χ2n) is 5.47. The fourth-order valence-electron chi connectivity index (χ4n) is 2.77. The van der Waals surface area contributed by atoms with Crippen LogP contribution >= 0.6 is 0 Å². The monoisotopic (exact) mass is 362 g/mol. The van der Waals surface area contributed by atoms with Gasteiger partial charge in [0.25, 0.3) is 5.69 Å². The van der Waals surface area contributed by atoms with E-state index in [-0.39, 0.29) is 18.7 Å². The third-order valence-corrected chi connectivity index (χ3v) is 3.86. The number of rotatable bonds is 6. The number of ether oxygens (including phenoxy) is 2. The van der Waals surface area contributed by atoms with Crippen LogP contribution in [0.15, 0.2) is 24.4 Å². The first kappa shape index (κ1) is 19.1. The summed E-state index contributed by atoms with van der Waals surface area (Å²) in [5.41, 5.74) is 0.613. The minimum Gasteiger partial charge on any atom is -0.466 e. The maximum absolute atomic E-state index is 12.2. The predicted molar refractivity (Wildman–Crippen MR) is 90.0 cm³/mol. The Labute approximate surface area is 149 Å². The maximum atomic E-state index is 12.2. The van der Waals surface area contributed by atoms with Crippen LogP contribution in [0.3, 0.4) is 0 Å². The second-order valence-corrected chi connectivity index (χ2v) is 5.47. The minimum absolute atomic E-state index is 0.133. The third kappa shape index (κ3) is 4.05. The number of nitrogens with zero attached hydrogens (tertiary/aromatic N) is 2. The van der Waals surface area contributed by atoms with Crippen molar-refractivity contribution >= 4 is 29.6 Å². The molecule has 0 saturated heterocycles. The molecule has 1 atom stereocenters. The molecule has 9 heteroatoms. The number of carbonyl (C=O) groups is 3. The van der Waals surface area contributed by atoms with Gasteiger partial charge in [-0.15, -0.1) is 0 Å². The number of amides is 1. The maximum Gasteiger partial charge on any atom is 0.414 e. The Morgan fingerprint density at radius 1 is 1.31 bits per heavy atom. The summed E-state index contributed by atoms with van der Waals surface area (Å²) in [5, 5.41) is 11.2. The van der Waals surface area contributed by atoms with Crippen LogP contribution in [0.2, 0.25) is 0 Å². The van der Waals surface area contributed by atoms with Crippen molar-refractivity contribution in [2.75, 3.05) is 13.7 Å². The van der Waals surface area contributed by atoms with Gasteiger partial charge in [-0.1, -0.05) is 12.1 Å². The van der Waals surface area contributed by atoms with Gasteiger partial charge < -0.3 is 9.47 Å². The zero-order chi connectivity index (χ0) is 19.3. The molecule has 0 spiro atoms. The number of hydrogen-bond donors (Lipinski definition) is 0. The normalized spacial score (nSPS) is 15.2. The molecule has 0 fully saturated rings. The van der Waals surface area contributed by atoms with Gasteiger partial charge in [0.1, 0.15) is 12.2 Å². The van der Waals surface area contributed by atoms with Crippen molar-refractivity contribution in [2.24, 2.45) is 0 Å². The Kier molecular flexibility index (Phi) is 6.05. The quantitative estimate of drug-likeness (QED) is 0.330. The van der Waals surface area contributed by atoms with Gasteiger partial charge >= 0.3 is 12.1 Å². The van der Waals surface area contributed by atoms with E-state index in [1.165, 1.54) is 36.4 Å². The van der Waals surface area contributed by atoms with Crippen LogP contribution in [-0.4, -0.2) is 41.4 Å². The molecular formula is C17H18N2O7. The Bertz CT molecular complexity index is 772. The van der Waals surface area contributed by atoms with E-state index >= 15 is 0 Å². The van der Waals surface area contributed by atoms with E-state index in [4.69, 9.17) is 9.47 Å². The first-order valence-electron chi connectivity index (χ1n) is 7.88. The lowest BCUT2D eigenvalue weighted by atomic mass is 9.91. The zero-order valence-electron chi connectivity index (χ0n) is 14.3. The van der Waals surface area contributed by atoms with E-state index in [1.54, 1.807) is 13.0 Å². The molecule has 1 aliphatic rings. The van der Waals surface area contributed by atoms with Crippen molar-refractivity contribution in [1.29, 1.82) is 0 Å². The average Bonchev–Trinajstić information content (AvgIpc) is 2.60. The van der Waals surface area contributed by atoms with Crippen molar-refractivity contribution in [3.63, 3.8) is 0 Å². The Balaban J connectivity index is 2.36. The molecule has 0 bridgehead atoms. The highest BCUT2D eigenvalue weighted by Gasteiger charge is 2.33. The van der Waals surface area contributed by atoms with Crippen LogP contribution in [0.1, 0.15) is 36.9 Å². The second kappa shape index (κ2) is 8.24. The lowest BCUT2D eigenvalue weighted by Crippen LogP contribution is -2.34. The van der Waals surface area contributed by atoms with Gasteiger partial charge in [0, 0.05) is 18.7 Å². The molecule has 1 aromatic rings. The summed E-state index contributed by atoms with van der Waals surface area (Å²) in [6, 6.07) is 3.61. The van der Waals surface area contributed by atoms with Gasteiger partial charge in [-0.25, -0.2) is 4.79 Å². The molecule has 0 radical (unpaired) electrons. The molecule has 1 aliphatic heterocycles. The van der Waals surface area contributed by atoms with Crippen LogP contribution in [0, 0.1) is 10.1 Å². The van der Waals surface area contributed by atoms with Crippen LogP contribution in [0.5, 0.6) is 0 Å². The number of hydrogen-bond acceptors (Lipinski definition) is 7. The fourth-order valence-corrected chi connectivity index (χ4v) is 2.77. The predicted octanol–water partition coefficient (Wildman–Crippen LogP) is 2.60. The van der Waals surface area contributed by atoms with Crippen molar-refractivity contribution < 1.29 is 28.8 Å². The average molecular weight is 362 g/mol. The summed E-state index contributed by atoms with van der Waals surface area (Å²) in [4.78, 5) is 47.6. The highest BCUT2D eigenvalue weighted by Crippen LogP contribution is 2.37. The SMILES string of the molecule is CCOC(=O)CC(=O)CC1c2cccc([N+](=O)[O-])c2C=CN1C(=O)OC. The molecule has 1 heterocycles. The molecular weight excluding hydrogens is 344 g/mol. The van der Waals surface area contributed by atoms with Crippen LogP contribution in [-0.2, 0) is 19.1 Å². The van der Waals surface area contributed by atoms with Crippen molar-refractivity contribution in [3.05, 3.63) is 45.6 Å². The fraction of sp³-hybridized carbons (Fsp3) is 0.353. The lowest BCUT2D eigenvalue weighted by Gasteiger charge is -2.31. The number of esters is 1. The standard InChI is InChI=1S/C17H18N2O7/c1-3-26-16(21)10-11(20)9-15-12-5-4-6-14(19(23)24)13(12)7-8-18(15)17(22)25-2/h4-8,15H,3,9-10H2,1-2H3. The number of carbonyl (C=O) groups excluding carboxylic acids is 3. The van der Waals surface area contributed by atoms with Crippen molar-refractivity contribution in [1.82, 2.24) is 4.90 Å². The third-order valence-electron chi connectivity index (χ3n) is 3.86. The Morgan fingerprint density at radius 3 is 2.65 bits per heavy atom. The molecule has 0 saturated carbocycles. The molecule has 1 aromatic carbocycles. The van der Waals surface area contributed by atoms with E-state index in [2.05, 4.69) is 0 Å². The minimum atomic E-state index is -0.815. The molecule has 1 unspecified atom stereocenters. The summed E-state index contributed by atoms with van der Waals surface area (Å²) in [7, 11) is 1.19. The van der Waals surface area contributed by atoms with Gasteiger partial charge in [-0.05, 0) is 18.6 Å². The van der Waals surface area contributed by atoms with Gasteiger partial charge in [0.2, 0.25) is 0 Å². The number of ketones is 1. The number of nitro groups is 1. The Hall–Kier alpha value is -3.23. The molecule has 0 aromatic heterocycles. The summed E-state index contributed by atoms with van der Waals surface area (Å²) < 4.78 is 9.46. The molecule has 9 nitrogen and oxygen atoms in total. The topological polar surface area (TPSA) is 116 Å². The summed E-state index contributed by atoms with van der Waals surface area (Å²) in [5.74, 6) is -1.11. The number of methoxy groups -OCH3 is 1. The molecule has 0 N–H and O–H groups in total. The number of benzene rings is 1. The van der Waals surface area contributed by atoms with Gasteiger partial charge in [0.15, 0.2) is 0 Å². The van der Waals surface area contributed by atoms with Crippen LogP contribution in [0.4, 0.5) is 10.5 Å². The molecule has 2 rings (SSSR count). The number of nitro benzene ring substituents is 1. The molecule has 26 heavy (non-hydrogen) atoms. The molecule has 138 valence electrons. The first-order chi connectivity index (χ1) is 12.4. The van der Waals surface area contributed by atoms with E-state index in [1.807, 2.05) is 0 Å². The Morgan fingerprint density at radius 2 is 2.04 bits per heavy atom. The van der Waals surface area contributed by atoms with Crippen molar-refractivity contribution in [3.8, 4) is 0 Å². The summed E-state index contributed by atoms with van der Waals surface area (Å²) in [6.07, 6.45) is 1.41. The highest BCUT2D eigenvalue weighted by molar-refractivity contribution is 5.96. The summed E-state index contributed by atoms with van der Waals surface area (Å²) >= 11 is 0. The van der Waals surface area contributed by atoms with Crippen LogP contribution < -0.4 is 0 Å². The summed E-state index contributed by atoms with van der Waals surface area (Å²) in [6.45, 7) is 1.78. The number of Topliss-reactive ketones (excluding diaryl/α,β-unsaturated/α-hetero) is 1. The first-order valence-corrected chi connectivity index (χ1v) is 7.88. The van der Waals surface area contributed by atoms with E-state index in [9.17, 15) is 24.5 Å². The van der Waals surface area contributed by atoms with Gasteiger partial charge in [0.05, 0.1) is 30.2 Å². The van der Waals surface area contributed by atoms with E-state index in [0.29, 0.717) is 11.1 Å². The number of fused-ring (bicyclic) bond motifs is 1. The molecule has 1 amide bonds. The van der Waals surface area contributed by atoms with Crippen molar-refractivity contribution in [2.45, 2.75) is 25.8 Å². The largest absolute Gasteiger partial charge is 0.466 e. The zero-order valence-corrected chi connectivity index (χ0v) is 14.3.